The van der Waals surface area contributed by atoms with Crippen LogP contribution in [0.5, 0.6) is 0 Å². The number of Topliss-reactive ketones (excluding diaryl/α,β-unsaturated/α-hetero) is 4. The third-order valence-electron chi connectivity index (χ3n) is 14.8. The Labute approximate surface area is 458 Å². The first-order valence-corrected chi connectivity index (χ1v) is 27.8. The lowest BCUT2D eigenvalue weighted by Crippen LogP contribution is -2.57. The number of rotatable bonds is 23. The summed E-state index contributed by atoms with van der Waals surface area (Å²) in [7, 11) is 0. The van der Waals surface area contributed by atoms with Gasteiger partial charge in [-0.1, -0.05) is 63.4 Å². The Morgan fingerprint density at radius 3 is 1.73 bits per heavy atom. The van der Waals surface area contributed by atoms with Crippen LogP contribution in [0.15, 0.2) is 30.3 Å². The molecule has 1 aromatic carbocycles. The third kappa shape index (κ3) is 21.9. The summed E-state index contributed by atoms with van der Waals surface area (Å²) >= 11 is 0. The predicted octanol–water partition coefficient (Wildman–Crippen LogP) is -1.38. The fourth-order valence-corrected chi connectivity index (χ4v) is 10.1. The van der Waals surface area contributed by atoms with E-state index >= 15 is 0 Å². The Kier molecular flexibility index (Phi) is 29.5. The summed E-state index contributed by atoms with van der Waals surface area (Å²) in [5, 5.41) is 48.4. The minimum absolute atomic E-state index is 0.0240. The number of nitrogens with two attached hydrogens (primary N) is 4. The summed E-state index contributed by atoms with van der Waals surface area (Å²) < 4.78 is 0. The first kappa shape index (κ1) is 66.7. The minimum Gasteiger partial charge on any atom is -0.393 e. The van der Waals surface area contributed by atoms with Crippen LogP contribution in [0.1, 0.15) is 130 Å². The van der Waals surface area contributed by atoms with Gasteiger partial charge >= 0.3 is 0 Å². The van der Waals surface area contributed by atoms with Gasteiger partial charge in [-0.2, -0.15) is 0 Å². The molecule has 3 unspecified atom stereocenters. The second-order valence-corrected chi connectivity index (χ2v) is 21.6. The zero-order valence-corrected chi connectivity index (χ0v) is 46.1. The van der Waals surface area contributed by atoms with Crippen LogP contribution in [0.25, 0.3) is 0 Å². The molecule has 0 aromatic heterocycles. The Hall–Kier alpha value is -5.56. The highest BCUT2D eigenvalue weighted by Crippen LogP contribution is 2.29. The number of hydrogen-bond acceptors (Lipinski definition) is 17. The van der Waals surface area contributed by atoms with Crippen LogP contribution >= 0.6 is 0 Å². The lowest BCUT2D eigenvalue weighted by atomic mass is 9.81. The normalized spacial score (nSPS) is 25.3. The van der Waals surface area contributed by atoms with Crippen molar-refractivity contribution < 1.29 is 63.3 Å². The van der Waals surface area contributed by atoms with Crippen molar-refractivity contribution in [3.05, 3.63) is 35.9 Å². The molecule has 23 nitrogen and oxygen atoms in total. The third-order valence-corrected chi connectivity index (χ3v) is 14.8. The molecule has 0 radical (unpaired) electrons. The van der Waals surface area contributed by atoms with Crippen molar-refractivity contribution in [1.29, 1.82) is 0 Å². The van der Waals surface area contributed by atoms with Gasteiger partial charge in [0, 0.05) is 44.1 Å². The molecular formula is C55H90N10O13. The van der Waals surface area contributed by atoms with Crippen molar-refractivity contribution in [3.63, 3.8) is 0 Å². The standard InChI is InChI=1S/C55H90N10O13/c1-31(2)25-44-55(78)64-43(18-23-59)54(77)63-42(17-22-58)47(70)29-38(32(3)66)52(75)60-24-19-36(50(73)61-40(15-20-56)46(69)28-37(51(74)65-44)26-34-11-7-5-8-12-34)27-45(68)41(16-21-57)62-53(76)39(33(4)67)30-48(71)49(72)35-13-9-6-10-14-35/h5,7-8,11-12,31-33,35-44,49,66-67,72H,6,9-10,13-30,56-59H2,1-4H3,(H,60,75)(H,61,73)(H,62,76)(H,63,77)(H,64,78)(H,65,74)/t32?,33?,36-,37+,38+,39+,40+,41+,42+,43+,44+,49?/m1/s1. The van der Waals surface area contributed by atoms with Crippen LogP contribution in [-0.4, -0.2) is 155 Å². The molecule has 438 valence electrons. The maximum absolute atomic E-state index is 14.6. The van der Waals surface area contributed by atoms with Gasteiger partial charge in [-0.25, -0.2) is 0 Å². The van der Waals surface area contributed by atoms with E-state index in [2.05, 4.69) is 31.9 Å². The van der Waals surface area contributed by atoms with Crippen molar-refractivity contribution in [1.82, 2.24) is 31.9 Å². The van der Waals surface area contributed by atoms with Gasteiger partial charge in [0.25, 0.3) is 0 Å². The molecule has 1 heterocycles. The Morgan fingerprint density at radius 1 is 0.628 bits per heavy atom. The number of carbonyl (C=O) groups excluding carboxylic acids is 10. The van der Waals surface area contributed by atoms with E-state index in [0.29, 0.717) is 18.4 Å². The molecule has 23 heteroatoms. The number of benzene rings is 1. The quantitative estimate of drug-likeness (QED) is 0.0601. The number of amides is 6. The topological polar surface area (TPSA) is 408 Å². The second-order valence-electron chi connectivity index (χ2n) is 21.6. The summed E-state index contributed by atoms with van der Waals surface area (Å²) in [5.41, 5.74) is 24.3. The number of carbonyl (C=O) groups is 10. The summed E-state index contributed by atoms with van der Waals surface area (Å²) in [5.74, 6) is -13.0. The molecule has 3 rings (SSSR count). The maximum atomic E-state index is 14.6. The van der Waals surface area contributed by atoms with Crippen LogP contribution in [0.3, 0.4) is 0 Å². The SMILES string of the molecule is CC(C)C[C@@H]1NC(=O)[C@@H](Cc2ccccc2)CC(=O)[C@H](CCN)NC(=O)[C@@H](CC(=O)[C@H](CCN)NC(=O)[C@@H](CC(=O)C(O)C2CCCCC2)C(C)O)CCNC(=O)[C@H](C(C)O)CC(=O)[C@H](CCN)NC(=O)[C@H](CCN)NC1=O. The molecule has 1 aliphatic heterocycles. The smallest absolute Gasteiger partial charge is 0.243 e. The summed E-state index contributed by atoms with van der Waals surface area (Å²) in [4.78, 5) is 141. The van der Waals surface area contributed by atoms with Gasteiger partial charge in [0.2, 0.25) is 35.4 Å². The first-order valence-electron chi connectivity index (χ1n) is 27.8. The zero-order valence-electron chi connectivity index (χ0n) is 46.1. The number of ketones is 4. The highest BCUT2D eigenvalue weighted by atomic mass is 16.3. The van der Waals surface area contributed by atoms with Gasteiger partial charge in [-0.05, 0) is 115 Å². The number of nitrogens with one attached hydrogen (secondary N) is 6. The Balaban J connectivity index is 2.09. The summed E-state index contributed by atoms with van der Waals surface area (Å²) in [6, 6.07) is 2.35. The first-order chi connectivity index (χ1) is 37.0. The molecule has 1 saturated heterocycles. The van der Waals surface area contributed by atoms with Crippen molar-refractivity contribution in [3.8, 4) is 0 Å². The molecule has 0 spiro atoms. The minimum atomic E-state index is -1.42. The highest BCUT2D eigenvalue weighted by Gasteiger charge is 2.38. The van der Waals surface area contributed by atoms with Crippen molar-refractivity contribution >= 4 is 58.6 Å². The number of aliphatic hydroxyl groups excluding tert-OH is 3. The van der Waals surface area contributed by atoms with E-state index in [1.54, 1.807) is 30.3 Å². The monoisotopic (exact) mass is 1100 g/mol. The number of hydrogen-bond donors (Lipinski definition) is 13. The lowest BCUT2D eigenvalue weighted by molar-refractivity contribution is -0.139. The molecule has 78 heavy (non-hydrogen) atoms. The average Bonchev–Trinajstić information content (AvgIpc) is 3.39. The molecule has 17 N–H and O–H groups in total. The van der Waals surface area contributed by atoms with Gasteiger partial charge in [-0.15, -0.1) is 0 Å². The van der Waals surface area contributed by atoms with E-state index in [1.807, 2.05) is 13.8 Å². The van der Waals surface area contributed by atoms with E-state index in [-0.39, 0.29) is 89.5 Å². The molecular weight excluding hydrogens is 1010 g/mol. The van der Waals surface area contributed by atoms with Crippen molar-refractivity contribution in [2.75, 3.05) is 32.7 Å². The van der Waals surface area contributed by atoms with Gasteiger partial charge in [0.15, 0.2) is 23.1 Å². The molecule has 2 fully saturated rings. The fraction of sp³-hybridized carbons (Fsp3) is 0.709. The zero-order chi connectivity index (χ0) is 58.1. The summed E-state index contributed by atoms with van der Waals surface area (Å²) in [6.07, 6.45) is -2.86. The van der Waals surface area contributed by atoms with E-state index in [9.17, 15) is 63.3 Å². The van der Waals surface area contributed by atoms with Crippen LogP contribution in [0.4, 0.5) is 0 Å². The Morgan fingerprint density at radius 2 is 1.17 bits per heavy atom. The fourth-order valence-electron chi connectivity index (χ4n) is 10.1. The van der Waals surface area contributed by atoms with E-state index in [4.69, 9.17) is 22.9 Å². The largest absolute Gasteiger partial charge is 0.393 e. The summed E-state index contributed by atoms with van der Waals surface area (Å²) in [6.45, 7) is 5.53. The maximum Gasteiger partial charge on any atom is 0.243 e. The molecule has 2 aliphatic rings. The van der Waals surface area contributed by atoms with E-state index < -0.39 is 156 Å². The second kappa shape index (κ2) is 34.4. The molecule has 1 saturated carbocycles. The molecule has 12 atom stereocenters. The predicted molar refractivity (Wildman–Crippen MR) is 290 cm³/mol. The molecule has 0 bridgehead atoms. The highest BCUT2D eigenvalue weighted by molar-refractivity contribution is 5.98. The van der Waals surface area contributed by atoms with Crippen LogP contribution in [-0.2, 0) is 54.4 Å². The van der Waals surface area contributed by atoms with E-state index in [1.165, 1.54) is 13.8 Å². The van der Waals surface area contributed by atoms with Gasteiger partial charge < -0.3 is 70.2 Å². The average molecular weight is 1100 g/mol. The van der Waals surface area contributed by atoms with Crippen molar-refractivity contribution in [2.45, 2.75) is 179 Å². The molecule has 1 aliphatic carbocycles. The van der Waals surface area contributed by atoms with Gasteiger partial charge in [0.05, 0.1) is 42.2 Å². The lowest BCUT2D eigenvalue weighted by Gasteiger charge is -2.28. The van der Waals surface area contributed by atoms with Crippen LogP contribution in [0, 0.1) is 35.5 Å². The van der Waals surface area contributed by atoms with Crippen molar-refractivity contribution in [2.24, 2.45) is 58.4 Å². The number of aliphatic hydroxyl groups is 3. The molecule has 6 amide bonds. The van der Waals surface area contributed by atoms with Gasteiger partial charge in [-0.3, -0.25) is 47.9 Å². The molecule has 1 aromatic rings. The van der Waals surface area contributed by atoms with Crippen LogP contribution < -0.4 is 54.8 Å². The Bertz CT molecular complexity index is 2140. The van der Waals surface area contributed by atoms with Crippen LogP contribution in [0.2, 0.25) is 0 Å². The van der Waals surface area contributed by atoms with Gasteiger partial charge in [0.1, 0.15) is 18.2 Å². The van der Waals surface area contributed by atoms with E-state index in [0.717, 1.165) is 19.3 Å².